The van der Waals surface area contributed by atoms with Crippen molar-refractivity contribution in [2.24, 2.45) is 0 Å². The number of pyridine rings is 1. The first-order valence-electron chi connectivity index (χ1n) is 5.30. The van der Waals surface area contributed by atoms with E-state index in [0.717, 1.165) is 16.8 Å². The van der Waals surface area contributed by atoms with Gasteiger partial charge in [-0.2, -0.15) is 0 Å². The lowest BCUT2D eigenvalue weighted by atomic mass is 10.1. The van der Waals surface area contributed by atoms with Crippen molar-refractivity contribution in [2.45, 2.75) is 13.3 Å². The average Bonchev–Trinajstić information content (AvgIpc) is 2.29. The predicted octanol–water partition coefficient (Wildman–Crippen LogP) is 2.89. The maximum Gasteiger partial charge on any atom is 0.269 e. The van der Waals surface area contributed by atoms with Gasteiger partial charge in [0.15, 0.2) is 0 Å². The van der Waals surface area contributed by atoms with E-state index in [1.807, 2.05) is 19.1 Å². The van der Waals surface area contributed by atoms with Crippen molar-refractivity contribution in [3.05, 3.63) is 69.5 Å². The number of aryl methyl sites for hydroxylation is 1. The second kappa shape index (κ2) is 4.74. The van der Waals surface area contributed by atoms with E-state index in [-0.39, 0.29) is 5.69 Å². The molecule has 4 heteroatoms. The van der Waals surface area contributed by atoms with E-state index in [9.17, 15) is 10.1 Å². The second-order valence-corrected chi connectivity index (χ2v) is 3.92. The molecule has 2 rings (SSSR count). The summed E-state index contributed by atoms with van der Waals surface area (Å²) in [6.07, 6.45) is 2.47. The molecule has 0 aliphatic carbocycles. The van der Waals surface area contributed by atoms with Crippen LogP contribution < -0.4 is 0 Å². The summed E-state index contributed by atoms with van der Waals surface area (Å²) in [5, 5.41) is 10.5. The molecule has 0 aliphatic heterocycles. The topological polar surface area (TPSA) is 56.0 Å². The summed E-state index contributed by atoms with van der Waals surface area (Å²) in [7, 11) is 0. The maximum atomic E-state index is 10.5. The molecule has 17 heavy (non-hydrogen) atoms. The van der Waals surface area contributed by atoms with Gasteiger partial charge in [-0.3, -0.25) is 15.1 Å². The van der Waals surface area contributed by atoms with Gasteiger partial charge in [-0.1, -0.05) is 12.1 Å². The van der Waals surface area contributed by atoms with Gasteiger partial charge in [0, 0.05) is 30.4 Å². The zero-order valence-electron chi connectivity index (χ0n) is 9.46. The number of benzene rings is 1. The van der Waals surface area contributed by atoms with Crippen molar-refractivity contribution >= 4 is 5.69 Å². The molecule has 0 saturated carbocycles. The van der Waals surface area contributed by atoms with Gasteiger partial charge in [0.1, 0.15) is 0 Å². The van der Waals surface area contributed by atoms with Gasteiger partial charge in [0.05, 0.1) is 4.92 Å². The van der Waals surface area contributed by atoms with E-state index in [1.165, 1.54) is 12.1 Å². The minimum atomic E-state index is -0.394. The first-order valence-corrected chi connectivity index (χ1v) is 5.30. The highest BCUT2D eigenvalue weighted by molar-refractivity contribution is 5.34. The van der Waals surface area contributed by atoms with Crippen LogP contribution >= 0.6 is 0 Å². The van der Waals surface area contributed by atoms with Crippen LogP contribution in [0.15, 0.2) is 42.6 Å². The molecule has 0 radical (unpaired) electrons. The van der Waals surface area contributed by atoms with Gasteiger partial charge in [-0.25, -0.2) is 0 Å². The fourth-order valence-electron chi connectivity index (χ4n) is 1.64. The fraction of sp³-hybridized carbons (Fsp3) is 0.154. The highest BCUT2D eigenvalue weighted by Crippen LogP contribution is 2.14. The summed E-state index contributed by atoms with van der Waals surface area (Å²) in [4.78, 5) is 14.4. The zero-order valence-corrected chi connectivity index (χ0v) is 9.46. The lowest BCUT2D eigenvalue weighted by Gasteiger charge is -2.01. The molecule has 0 fully saturated rings. The molecule has 0 atom stereocenters. The summed E-state index contributed by atoms with van der Waals surface area (Å²) in [5.74, 6) is 0. The van der Waals surface area contributed by atoms with Gasteiger partial charge >= 0.3 is 0 Å². The number of nitrogens with zero attached hydrogens (tertiary/aromatic N) is 2. The van der Waals surface area contributed by atoms with Crippen LogP contribution in [0.5, 0.6) is 0 Å². The lowest BCUT2D eigenvalue weighted by molar-refractivity contribution is -0.384. The number of nitro benzene ring substituents is 1. The largest absolute Gasteiger partial charge is 0.269 e. The fourth-order valence-corrected chi connectivity index (χ4v) is 1.64. The van der Waals surface area contributed by atoms with Crippen molar-refractivity contribution in [1.82, 2.24) is 4.98 Å². The van der Waals surface area contributed by atoms with Crippen LogP contribution in [0, 0.1) is 17.0 Å². The van der Waals surface area contributed by atoms with Crippen LogP contribution in [0.25, 0.3) is 0 Å². The molecular weight excluding hydrogens is 216 g/mol. The van der Waals surface area contributed by atoms with Crippen LogP contribution in [0.3, 0.4) is 0 Å². The Kier molecular flexibility index (Phi) is 3.14. The second-order valence-electron chi connectivity index (χ2n) is 3.92. The van der Waals surface area contributed by atoms with Crippen LogP contribution in [0.2, 0.25) is 0 Å². The third-order valence-electron chi connectivity index (χ3n) is 2.50. The molecule has 1 aromatic heterocycles. The van der Waals surface area contributed by atoms with Crippen LogP contribution in [-0.2, 0) is 6.42 Å². The highest BCUT2D eigenvalue weighted by Gasteiger charge is 2.04. The summed E-state index contributed by atoms with van der Waals surface area (Å²) in [6, 6.07) is 10.5. The first-order chi connectivity index (χ1) is 8.15. The Labute approximate surface area is 99.1 Å². The van der Waals surface area contributed by atoms with Gasteiger partial charge in [-0.15, -0.1) is 0 Å². The van der Waals surface area contributed by atoms with Gasteiger partial charge < -0.3 is 0 Å². The molecular formula is C13H12N2O2. The lowest BCUT2D eigenvalue weighted by Crippen LogP contribution is -1.93. The molecule has 0 aliphatic rings. The standard InChI is InChI=1S/C13H12N2O2/c1-10-6-7-14-12(8-10)9-11-2-4-13(5-3-11)15(16)17/h2-8H,9H2,1H3. The third-order valence-corrected chi connectivity index (χ3v) is 2.50. The van der Waals surface area contributed by atoms with Crippen LogP contribution in [-0.4, -0.2) is 9.91 Å². The molecule has 0 saturated heterocycles. The van der Waals surface area contributed by atoms with E-state index in [0.29, 0.717) is 6.42 Å². The number of rotatable bonds is 3. The Hall–Kier alpha value is -2.23. The van der Waals surface area contributed by atoms with E-state index < -0.39 is 4.92 Å². The first kappa shape index (κ1) is 11.3. The molecule has 4 nitrogen and oxygen atoms in total. The van der Waals surface area contributed by atoms with Gasteiger partial charge in [-0.05, 0) is 30.2 Å². The molecule has 1 heterocycles. The molecule has 86 valence electrons. The molecule has 2 aromatic rings. The SMILES string of the molecule is Cc1ccnc(Cc2ccc([N+](=O)[O-])cc2)c1. The zero-order chi connectivity index (χ0) is 12.3. The number of aromatic nitrogens is 1. The van der Waals surface area contributed by atoms with E-state index in [4.69, 9.17) is 0 Å². The monoisotopic (exact) mass is 228 g/mol. The van der Waals surface area contributed by atoms with Crippen LogP contribution in [0.4, 0.5) is 5.69 Å². The van der Waals surface area contributed by atoms with Crippen molar-refractivity contribution in [3.8, 4) is 0 Å². The Morgan fingerprint density at radius 3 is 2.53 bits per heavy atom. The number of hydrogen-bond acceptors (Lipinski definition) is 3. The molecule has 0 unspecified atom stereocenters. The molecule has 1 aromatic carbocycles. The Morgan fingerprint density at radius 1 is 1.24 bits per heavy atom. The van der Waals surface area contributed by atoms with E-state index in [1.54, 1.807) is 18.3 Å². The molecule has 0 bridgehead atoms. The van der Waals surface area contributed by atoms with Crippen molar-refractivity contribution in [2.75, 3.05) is 0 Å². The smallest absolute Gasteiger partial charge is 0.261 e. The van der Waals surface area contributed by atoms with Gasteiger partial charge in [0.2, 0.25) is 0 Å². The molecule has 0 amide bonds. The minimum Gasteiger partial charge on any atom is -0.261 e. The highest BCUT2D eigenvalue weighted by atomic mass is 16.6. The summed E-state index contributed by atoms with van der Waals surface area (Å²) in [5.41, 5.74) is 3.27. The van der Waals surface area contributed by atoms with Crippen molar-refractivity contribution in [3.63, 3.8) is 0 Å². The van der Waals surface area contributed by atoms with E-state index >= 15 is 0 Å². The summed E-state index contributed by atoms with van der Waals surface area (Å²) >= 11 is 0. The summed E-state index contributed by atoms with van der Waals surface area (Å²) in [6.45, 7) is 2.01. The summed E-state index contributed by atoms with van der Waals surface area (Å²) < 4.78 is 0. The Bertz CT molecular complexity index is 535. The number of non-ortho nitro benzene ring substituents is 1. The average molecular weight is 228 g/mol. The quantitative estimate of drug-likeness (QED) is 0.599. The molecule has 0 spiro atoms. The predicted molar refractivity (Wildman–Crippen MR) is 64.9 cm³/mol. The van der Waals surface area contributed by atoms with Crippen molar-refractivity contribution < 1.29 is 4.92 Å². The number of hydrogen-bond donors (Lipinski definition) is 0. The maximum absolute atomic E-state index is 10.5. The number of nitro groups is 1. The van der Waals surface area contributed by atoms with Gasteiger partial charge in [0.25, 0.3) is 5.69 Å². The van der Waals surface area contributed by atoms with E-state index in [2.05, 4.69) is 4.98 Å². The Morgan fingerprint density at radius 2 is 1.94 bits per heavy atom. The Balaban J connectivity index is 2.16. The molecule has 0 N–H and O–H groups in total. The normalized spacial score (nSPS) is 10.2. The minimum absolute atomic E-state index is 0.117. The van der Waals surface area contributed by atoms with Crippen LogP contribution in [0.1, 0.15) is 16.8 Å². The third kappa shape index (κ3) is 2.87. The van der Waals surface area contributed by atoms with Crippen molar-refractivity contribution in [1.29, 1.82) is 0 Å².